The lowest BCUT2D eigenvalue weighted by atomic mass is 10.1. The van der Waals surface area contributed by atoms with Crippen molar-refractivity contribution in [2.45, 2.75) is 25.8 Å². The van der Waals surface area contributed by atoms with E-state index in [9.17, 15) is 9.90 Å². The molecule has 0 spiro atoms. The van der Waals surface area contributed by atoms with Crippen molar-refractivity contribution in [3.63, 3.8) is 0 Å². The van der Waals surface area contributed by atoms with Gasteiger partial charge in [0, 0.05) is 7.11 Å². The molecular formula is C12H19NO4. The number of rotatable bonds is 8. The van der Waals surface area contributed by atoms with Crippen LogP contribution in [0, 0.1) is 0 Å². The van der Waals surface area contributed by atoms with Gasteiger partial charge < -0.3 is 14.9 Å². The predicted octanol–water partition coefficient (Wildman–Crippen LogP) is 1.03. The quantitative estimate of drug-likeness (QED) is 0.437. The highest BCUT2D eigenvalue weighted by Gasteiger charge is 2.20. The number of aliphatic hydroxyl groups is 1. The van der Waals surface area contributed by atoms with Crippen LogP contribution < -0.4 is 5.32 Å². The number of hydrogen-bond donors (Lipinski definition) is 3. The highest BCUT2D eigenvalue weighted by molar-refractivity contribution is 5.74. The van der Waals surface area contributed by atoms with Crippen molar-refractivity contribution >= 4 is 5.97 Å². The highest BCUT2D eigenvalue weighted by atomic mass is 16.6. The van der Waals surface area contributed by atoms with Gasteiger partial charge >= 0.3 is 5.97 Å². The Labute approximate surface area is 101 Å². The molecule has 0 saturated carbocycles. The summed E-state index contributed by atoms with van der Waals surface area (Å²) in [4.78, 5) is 11.0. The lowest BCUT2D eigenvalue weighted by Crippen LogP contribution is -2.44. The molecule has 17 heavy (non-hydrogen) atoms. The third-order valence-corrected chi connectivity index (χ3v) is 2.07. The first-order chi connectivity index (χ1) is 8.04. The van der Waals surface area contributed by atoms with Crippen LogP contribution in [0.4, 0.5) is 0 Å². The first kappa shape index (κ1) is 15.6. The summed E-state index contributed by atoms with van der Waals surface area (Å²) in [7, 11) is 1.28. The van der Waals surface area contributed by atoms with E-state index in [2.05, 4.69) is 16.6 Å². The van der Waals surface area contributed by atoms with E-state index in [-0.39, 0.29) is 6.42 Å². The van der Waals surface area contributed by atoms with Crippen molar-refractivity contribution in [3.8, 4) is 0 Å². The summed E-state index contributed by atoms with van der Waals surface area (Å²) in [5, 5.41) is 20.6. The Morgan fingerprint density at radius 2 is 2.24 bits per heavy atom. The van der Waals surface area contributed by atoms with Crippen LogP contribution in [0.25, 0.3) is 0 Å². The summed E-state index contributed by atoms with van der Waals surface area (Å²) >= 11 is 0. The molecule has 0 aromatic carbocycles. The van der Waals surface area contributed by atoms with Crippen molar-refractivity contribution in [2.24, 2.45) is 0 Å². The van der Waals surface area contributed by atoms with Gasteiger partial charge in [0.25, 0.3) is 0 Å². The van der Waals surface area contributed by atoms with Crippen LogP contribution in [0.2, 0.25) is 0 Å². The Bertz CT molecular complexity index is 310. The van der Waals surface area contributed by atoms with Crippen molar-refractivity contribution < 1.29 is 19.7 Å². The number of carboxylic acid groups (broad SMARTS) is 1. The number of allylic oxidation sites excluding steroid dienone is 4. The Hall–Kier alpha value is -1.43. The Morgan fingerprint density at radius 3 is 2.65 bits per heavy atom. The van der Waals surface area contributed by atoms with Gasteiger partial charge in [0.15, 0.2) is 0 Å². The molecule has 2 unspecified atom stereocenters. The molecule has 2 atom stereocenters. The SMILES string of the molecule is C=C/C(=C\C=C/C)CC(NC(O)OC)C(=O)O. The summed E-state index contributed by atoms with van der Waals surface area (Å²) in [6, 6.07) is -0.931. The Morgan fingerprint density at radius 1 is 1.59 bits per heavy atom. The summed E-state index contributed by atoms with van der Waals surface area (Å²) in [6.07, 6.45) is 5.88. The molecule has 0 aliphatic rings. The standard InChI is InChI=1S/C12H19NO4/c1-4-6-7-9(5-2)8-10(11(14)15)13-12(16)17-3/h4-7,10,12-13,16H,2,8H2,1,3H3,(H,14,15)/b6-4-,9-7+. The number of hydrogen-bond acceptors (Lipinski definition) is 4. The molecule has 0 rings (SSSR count). The van der Waals surface area contributed by atoms with E-state index >= 15 is 0 Å². The summed E-state index contributed by atoms with van der Waals surface area (Å²) in [5.74, 6) is -1.06. The molecule has 0 aliphatic carbocycles. The fourth-order valence-electron chi connectivity index (χ4n) is 1.13. The maximum atomic E-state index is 11.0. The monoisotopic (exact) mass is 241 g/mol. The molecule has 3 N–H and O–H groups in total. The summed E-state index contributed by atoms with van der Waals surface area (Å²) < 4.78 is 4.55. The summed E-state index contributed by atoms with van der Waals surface area (Å²) in [6.45, 7) is 5.47. The number of nitrogens with one attached hydrogen (secondary N) is 1. The van der Waals surface area contributed by atoms with E-state index in [1.165, 1.54) is 7.11 Å². The zero-order chi connectivity index (χ0) is 13.3. The first-order valence-corrected chi connectivity index (χ1v) is 5.19. The van der Waals surface area contributed by atoms with Crippen LogP contribution in [0.15, 0.2) is 36.5 Å². The number of carboxylic acids is 1. The van der Waals surface area contributed by atoms with Crippen LogP contribution in [-0.4, -0.2) is 35.7 Å². The van der Waals surface area contributed by atoms with Gasteiger partial charge in [-0.05, 0) is 18.9 Å². The molecule has 0 bridgehead atoms. The second kappa shape index (κ2) is 8.69. The second-order valence-corrected chi connectivity index (χ2v) is 3.32. The number of aliphatic carboxylic acids is 1. The number of methoxy groups -OCH3 is 1. The van der Waals surface area contributed by atoms with Gasteiger partial charge in [0.1, 0.15) is 6.04 Å². The lowest BCUT2D eigenvalue weighted by Gasteiger charge is -2.18. The molecule has 0 fully saturated rings. The van der Waals surface area contributed by atoms with E-state index in [4.69, 9.17) is 5.11 Å². The van der Waals surface area contributed by atoms with E-state index in [0.29, 0.717) is 0 Å². The van der Waals surface area contributed by atoms with Gasteiger partial charge in [-0.25, -0.2) is 0 Å². The molecule has 5 heteroatoms. The van der Waals surface area contributed by atoms with E-state index in [1.54, 1.807) is 18.2 Å². The minimum Gasteiger partial charge on any atom is -0.480 e. The maximum Gasteiger partial charge on any atom is 0.321 e. The molecule has 0 aromatic heterocycles. The minimum atomic E-state index is -1.30. The largest absolute Gasteiger partial charge is 0.480 e. The Balaban J connectivity index is 4.62. The molecule has 5 nitrogen and oxygen atoms in total. The number of carbonyl (C=O) groups is 1. The van der Waals surface area contributed by atoms with Crippen molar-refractivity contribution in [1.82, 2.24) is 5.32 Å². The first-order valence-electron chi connectivity index (χ1n) is 5.19. The zero-order valence-electron chi connectivity index (χ0n) is 10.1. The average Bonchev–Trinajstić information content (AvgIpc) is 2.32. The van der Waals surface area contributed by atoms with E-state index in [0.717, 1.165) is 5.57 Å². The van der Waals surface area contributed by atoms with Crippen LogP contribution >= 0.6 is 0 Å². The van der Waals surface area contributed by atoms with E-state index < -0.39 is 18.4 Å². The molecule has 0 amide bonds. The van der Waals surface area contributed by atoms with Crippen molar-refractivity contribution in [1.29, 1.82) is 0 Å². The van der Waals surface area contributed by atoms with Crippen molar-refractivity contribution in [3.05, 3.63) is 36.5 Å². The summed E-state index contributed by atoms with van der Waals surface area (Å²) in [5.41, 5.74) is 0.756. The number of aliphatic hydroxyl groups excluding tert-OH is 1. The third-order valence-electron chi connectivity index (χ3n) is 2.07. The number of ether oxygens (including phenoxy) is 1. The topological polar surface area (TPSA) is 78.8 Å². The van der Waals surface area contributed by atoms with Crippen LogP contribution in [-0.2, 0) is 9.53 Å². The smallest absolute Gasteiger partial charge is 0.321 e. The maximum absolute atomic E-state index is 11.0. The molecule has 0 aliphatic heterocycles. The minimum absolute atomic E-state index is 0.212. The van der Waals surface area contributed by atoms with Crippen LogP contribution in [0.1, 0.15) is 13.3 Å². The normalized spacial score (nSPS) is 15.8. The second-order valence-electron chi connectivity index (χ2n) is 3.32. The van der Waals surface area contributed by atoms with Gasteiger partial charge in [-0.3, -0.25) is 10.1 Å². The average molecular weight is 241 g/mol. The molecular weight excluding hydrogens is 222 g/mol. The van der Waals surface area contributed by atoms with Crippen molar-refractivity contribution in [2.75, 3.05) is 7.11 Å². The molecule has 0 saturated heterocycles. The van der Waals surface area contributed by atoms with Crippen LogP contribution in [0.3, 0.4) is 0 Å². The van der Waals surface area contributed by atoms with Gasteiger partial charge in [-0.2, -0.15) is 0 Å². The molecule has 0 heterocycles. The lowest BCUT2D eigenvalue weighted by molar-refractivity contribution is -0.147. The molecule has 0 aromatic rings. The van der Waals surface area contributed by atoms with Gasteiger partial charge in [-0.1, -0.05) is 30.9 Å². The third kappa shape index (κ3) is 6.68. The van der Waals surface area contributed by atoms with Gasteiger partial charge in [0.2, 0.25) is 6.41 Å². The fourth-order valence-corrected chi connectivity index (χ4v) is 1.13. The van der Waals surface area contributed by atoms with Gasteiger partial charge in [-0.15, -0.1) is 0 Å². The zero-order valence-corrected chi connectivity index (χ0v) is 10.1. The molecule has 96 valence electrons. The Kier molecular flexibility index (Phi) is 7.96. The van der Waals surface area contributed by atoms with Crippen LogP contribution in [0.5, 0.6) is 0 Å². The fraction of sp³-hybridized carbons (Fsp3) is 0.417. The van der Waals surface area contributed by atoms with E-state index in [1.807, 2.05) is 13.0 Å². The highest BCUT2D eigenvalue weighted by Crippen LogP contribution is 2.08. The molecule has 0 radical (unpaired) electrons. The van der Waals surface area contributed by atoms with Gasteiger partial charge in [0.05, 0.1) is 0 Å². The predicted molar refractivity (Wildman–Crippen MR) is 65.3 cm³/mol.